The maximum absolute atomic E-state index is 4.73. The molecular weight excluding hydrogens is 276 g/mol. The van der Waals surface area contributed by atoms with Gasteiger partial charge in [0.15, 0.2) is 0 Å². The maximum atomic E-state index is 4.73. The van der Waals surface area contributed by atoms with Crippen molar-refractivity contribution in [2.75, 3.05) is 12.4 Å². The summed E-state index contributed by atoms with van der Waals surface area (Å²) in [5.74, 6) is 1.44. The van der Waals surface area contributed by atoms with Crippen LogP contribution in [0.5, 0.6) is 0 Å². The maximum Gasteiger partial charge on any atom is 0.129 e. The molecule has 0 aliphatic carbocycles. The fourth-order valence-electron chi connectivity index (χ4n) is 2.02. The van der Waals surface area contributed by atoms with Crippen molar-refractivity contribution in [2.45, 2.75) is 26.7 Å². The van der Waals surface area contributed by atoms with Gasteiger partial charge in [0, 0.05) is 16.9 Å². The molecule has 1 aromatic carbocycles. The number of anilines is 1. The zero-order chi connectivity index (χ0) is 12.6. The number of nitrogens with zero attached hydrogens (tertiary/aromatic N) is 1. The topological polar surface area (TPSA) is 24.9 Å². The van der Waals surface area contributed by atoms with Crippen molar-refractivity contribution in [3.05, 3.63) is 33.8 Å². The van der Waals surface area contributed by atoms with Gasteiger partial charge in [0.1, 0.15) is 5.82 Å². The van der Waals surface area contributed by atoms with Gasteiger partial charge < -0.3 is 5.32 Å². The van der Waals surface area contributed by atoms with E-state index < -0.39 is 0 Å². The van der Waals surface area contributed by atoms with Crippen molar-refractivity contribution in [2.24, 2.45) is 0 Å². The first kappa shape index (κ1) is 12.4. The number of nitrogens with one attached hydrogen (secondary N) is 1. The lowest BCUT2D eigenvalue weighted by atomic mass is 10.0. The molecule has 2 nitrogen and oxygen atoms in total. The summed E-state index contributed by atoms with van der Waals surface area (Å²) in [4.78, 5) is 4.73. The molecule has 0 saturated carbocycles. The third kappa shape index (κ3) is 2.16. The molecule has 0 unspecified atom stereocenters. The van der Waals surface area contributed by atoms with E-state index in [1.54, 1.807) is 0 Å². The minimum atomic E-state index is 0.460. The predicted octanol–water partition coefficient (Wildman–Crippen LogP) is 4.47. The fraction of sp³-hybridized carbons (Fsp3) is 0.357. The van der Waals surface area contributed by atoms with Gasteiger partial charge in [0.25, 0.3) is 0 Å². The van der Waals surface area contributed by atoms with Gasteiger partial charge in [-0.15, -0.1) is 0 Å². The molecule has 0 saturated heterocycles. The van der Waals surface area contributed by atoms with Crippen LogP contribution in [0.2, 0.25) is 0 Å². The Hall–Kier alpha value is -1.09. The number of fused-ring (bicyclic) bond motifs is 1. The van der Waals surface area contributed by atoms with E-state index in [2.05, 4.69) is 60.2 Å². The van der Waals surface area contributed by atoms with Crippen LogP contribution in [0.4, 0.5) is 5.82 Å². The molecule has 0 spiro atoms. The second-order valence-corrected chi connectivity index (χ2v) is 5.45. The summed E-state index contributed by atoms with van der Waals surface area (Å²) in [6, 6.07) is 6.41. The van der Waals surface area contributed by atoms with E-state index in [1.807, 2.05) is 7.05 Å². The Morgan fingerprint density at radius 3 is 2.59 bits per heavy atom. The second kappa shape index (κ2) is 4.65. The van der Waals surface area contributed by atoms with Crippen LogP contribution in [0.15, 0.2) is 22.7 Å². The van der Waals surface area contributed by atoms with Gasteiger partial charge in [-0.25, -0.2) is 4.98 Å². The van der Waals surface area contributed by atoms with Crippen molar-refractivity contribution in [3.8, 4) is 0 Å². The summed E-state index contributed by atoms with van der Waals surface area (Å²) in [5.41, 5.74) is 3.52. The molecule has 90 valence electrons. The number of halogens is 1. The average Bonchev–Trinajstić information content (AvgIpc) is 2.32. The second-order valence-electron chi connectivity index (χ2n) is 4.59. The van der Waals surface area contributed by atoms with Crippen molar-refractivity contribution in [3.63, 3.8) is 0 Å². The Kier molecular flexibility index (Phi) is 3.38. The zero-order valence-electron chi connectivity index (χ0n) is 10.6. The molecule has 0 amide bonds. The van der Waals surface area contributed by atoms with Crippen molar-refractivity contribution >= 4 is 32.7 Å². The van der Waals surface area contributed by atoms with Gasteiger partial charge in [0.05, 0.1) is 5.52 Å². The molecule has 0 radical (unpaired) electrons. The molecule has 1 aromatic heterocycles. The molecule has 0 aliphatic rings. The first-order valence-corrected chi connectivity index (χ1v) is 6.61. The molecule has 0 bridgehead atoms. The van der Waals surface area contributed by atoms with Gasteiger partial charge in [-0.2, -0.15) is 0 Å². The number of benzene rings is 1. The Bertz CT molecular complexity index is 562. The molecule has 3 heteroatoms. The first-order valence-electron chi connectivity index (χ1n) is 5.82. The van der Waals surface area contributed by atoms with Crippen LogP contribution in [-0.4, -0.2) is 12.0 Å². The summed E-state index contributed by atoms with van der Waals surface area (Å²) >= 11 is 3.60. The number of hydrogen-bond acceptors (Lipinski definition) is 2. The van der Waals surface area contributed by atoms with Gasteiger partial charge in [-0.1, -0.05) is 35.8 Å². The van der Waals surface area contributed by atoms with Crippen LogP contribution in [0, 0.1) is 6.92 Å². The van der Waals surface area contributed by atoms with Crippen LogP contribution < -0.4 is 5.32 Å². The van der Waals surface area contributed by atoms with E-state index in [4.69, 9.17) is 4.98 Å². The van der Waals surface area contributed by atoms with E-state index in [0.29, 0.717) is 5.92 Å². The smallest absolute Gasteiger partial charge is 0.129 e. The lowest BCUT2D eigenvalue weighted by Gasteiger charge is -2.14. The number of hydrogen-bond donors (Lipinski definition) is 1. The highest BCUT2D eigenvalue weighted by atomic mass is 79.9. The highest BCUT2D eigenvalue weighted by Gasteiger charge is 2.11. The minimum Gasteiger partial charge on any atom is -0.373 e. The normalized spacial score (nSPS) is 11.2. The van der Waals surface area contributed by atoms with E-state index in [-0.39, 0.29) is 0 Å². The minimum absolute atomic E-state index is 0.460. The quantitative estimate of drug-likeness (QED) is 0.883. The number of pyridine rings is 1. The van der Waals surface area contributed by atoms with Crippen LogP contribution >= 0.6 is 15.9 Å². The Labute approximate surface area is 111 Å². The van der Waals surface area contributed by atoms with E-state index >= 15 is 0 Å². The third-order valence-electron chi connectivity index (χ3n) is 3.02. The Morgan fingerprint density at radius 1 is 1.29 bits per heavy atom. The monoisotopic (exact) mass is 292 g/mol. The number of rotatable bonds is 2. The predicted molar refractivity (Wildman–Crippen MR) is 77.8 cm³/mol. The summed E-state index contributed by atoms with van der Waals surface area (Å²) in [6.45, 7) is 6.47. The SMILES string of the molecule is CNc1nc2c(C)ccc(Br)c2cc1C(C)C. The Morgan fingerprint density at radius 2 is 2.00 bits per heavy atom. The molecule has 17 heavy (non-hydrogen) atoms. The van der Waals surface area contributed by atoms with E-state index in [1.165, 1.54) is 16.5 Å². The van der Waals surface area contributed by atoms with Gasteiger partial charge in [-0.3, -0.25) is 0 Å². The summed E-state index contributed by atoms with van der Waals surface area (Å²) in [5, 5.41) is 4.38. The van der Waals surface area contributed by atoms with Crippen molar-refractivity contribution < 1.29 is 0 Å². The van der Waals surface area contributed by atoms with Crippen LogP contribution in [0.1, 0.15) is 30.9 Å². The summed E-state index contributed by atoms with van der Waals surface area (Å²) < 4.78 is 1.11. The van der Waals surface area contributed by atoms with Crippen LogP contribution in [0.25, 0.3) is 10.9 Å². The molecule has 1 heterocycles. The molecule has 0 aliphatic heterocycles. The largest absolute Gasteiger partial charge is 0.373 e. The lowest BCUT2D eigenvalue weighted by molar-refractivity contribution is 0.864. The molecule has 2 rings (SSSR count). The van der Waals surface area contributed by atoms with E-state index in [9.17, 15) is 0 Å². The highest BCUT2D eigenvalue weighted by Crippen LogP contribution is 2.32. The standard InChI is InChI=1S/C14H17BrN2/c1-8(2)10-7-11-12(15)6-5-9(3)13(11)17-14(10)16-4/h5-8H,1-4H3,(H,16,17). The summed E-state index contributed by atoms with van der Waals surface area (Å²) in [7, 11) is 1.92. The average molecular weight is 293 g/mol. The van der Waals surface area contributed by atoms with Crippen molar-refractivity contribution in [1.82, 2.24) is 4.98 Å². The summed E-state index contributed by atoms with van der Waals surface area (Å²) in [6.07, 6.45) is 0. The molecule has 0 atom stereocenters. The fourth-order valence-corrected chi connectivity index (χ4v) is 2.45. The van der Waals surface area contributed by atoms with Crippen molar-refractivity contribution in [1.29, 1.82) is 0 Å². The zero-order valence-corrected chi connectivity index (χ0v) is 12.2. The molecule has 0 fully saturated rings. The molecule has 2 aromatic rings. The first-order chi connectivity index (χ1) is 8.04. The van der Waals surface area contributed by atoms with Gasteiger partial charge in [-0.05, 0) is 36.1 Å². The van der Waals surface area contributed by atoms with Crippen LogP contribution in [0.3, 0.4) is 0 Å². The van der Waals surface area contributed by atoms with Crippen LogP contribution in [-0.2, 0) is 0 Å². The third-order valence-corrected chi connectivity index (χ3v) is 3.71. The van der Waals surface area contributed by atoms with Gasteiger partial charge >= 0.3 is 0 Å². The number of aromatic nitrogens is 1. The molecular formula is C14H17BrN2. The molecule has 1 N–H and O–H groups in total. The number of aryl methyl sites for hydroxylation is 1. The highest BCUT2D eigenvalue weighted by molar-refractivity contribution is 9.10. The van der Waals surface area contributed by atoms with E-state index in [0.717, 1.165) is 15.8 Å². The van der Waals surface area contributed by atoms with Gasteiger partial charge in [0.2, 0.25) is 0 Å². The Balaban J connectivity index is 2.83. The lowest BCUT2D eigenvalue weighted by Crippen LogP contribution is -2.01.